The summed E-state index contributed by atoms with van der Waals surface area (Å²) >= 11 is 0. The molecule has 2 rings (SSSR count). The molecule has 0 saturated heterocycles. The van der Waals surface area contributed by atoms with E-state index < -0.39 is 0 Å². The zero-order chi connectivity index (χ0) is 13.8. The number of rotatable bonds is 4. The molecule has 3 nitrogen and oxygen atoms in total. The van der Waals surface area contributed by atoms with E-state index in [0.717, 1.165) is 11.3 Å². The van der Waals surface area contributed by atoms with Gasteiger partial charge in [-0.1, -0.05) is 37.3 Å². The van der Waals surface area contributed by atoms with E-state index in [4.69, 9.17) is 15.2 Å². The second-order valence-electron chi connectivity index (χ2n) is 4.47. The average Bonchev–Trinajstić information content (AvgIpc) is 2.47. The van der Waals surface area contributed by atoms with E-state index in [1.165, 1.54) is 5.56 Å². The van der Waals surface area contributed by atoms with Gasteiger partial charge in [-0.25, -0.2) is 0 Å². The molecule has 2 aromatic carbocycles. The van der Waals surface area contributed by atoms with Crippen molar-refractivity contribution < 1.29 is 9.47 Å². The first-order chi connectivity index (χ1) is 9.17. The van der Waals surface area contributed by atoms with Crippen LogP contribution < -0.4 is 15.2 Å². The van der Waals surface area contributed by atoms with E-state index in [2.05, 4.69) is 19.1 Å². The number of anilines is 1. The molecule has 0 heterocycles. The molecule has 0 spiro atoms. The first-order valence-corrected chi connectivity index (χ1v) is 6.23. The Bertz CT molecular complexity index is 552. The lowest BCUT2D eigenvalue weighted by molar-refractivity contribution is 0.399. The molecule has 2 aromatic rings. The predicted molar refractivity (Wildman–Crippen MR) is 77.9 cm³/mol. The molecule has 2 N–H and O–H groups in total. The quantitative estimate of drug-likeness (QED) is 0.853. The Morgan fingerprint density at radius 2 is 1.58 bits per heavy atom. The molecular weight excluding hydrogens is 238 g/mol. The third-order valence-electron chi connectivity index (χ3n) is 3.35. The summed E-state index contributed by atoms with van der Waals surface area (Å²) in [7, 11) is 3.28. The standard InChI is InChI=1S/C16H19NO2/c1-11(12-7-5-4-6-8-12)13-9-16(19-3)14(17)10-15(13)18-2/h4-11H,17H2,1-3H3. The first kappa shape index (κ1) is 13.3. The number of benzene rings is 2. The third kappa shape index (κ3) is 2.65. The fourth-order valence-electron chi connectivity index (χ4n) is 2.20. The van der Waals surface area contributed by atoms with Gasteiger partial charge >= 0.3 is 0 Å². The van der Waals surface area contributed by atoms with Gasteiger partial charge in [0.15, 0.2) is 0 Å². The number of methoxy groups -OCH3 is 2. The van der Waals surface area contributed by atoms with E-state index in [0.29, 0.717) is 11.4 Å². The summed E-state index contributed by atoms with van der Waals surface area (Å²) in [6.45, 7) is 2.14. The van der Waals surface area contributed by atoms with Crippen molar-refractivity contribution in [2.45, 2.75) is 12.8 Å². The molecule has 100 valence electrons. The summed E-state index contributed by atoms with van der Waals surface area (Å²) in [5.41, 5.74) is 8.80. The summed E-state index contributed by atoms with van der Waals surface area (Å²) in [5.74, 6) is 1.68. The molecule has 0 saturated carbocycles. The fourth-order valence-corrected chi connectivity index (χ4v) is 2.20. The van der Waals surface area contributed by atoms with Crippen LogP contribution >= 0.6 is 0 Å². The number of ether oxygens (including phenoxy) is 2. The third-order valence-corrected chi connectivity index (χ3v) is 3.35. The van der Waals surface area contributed by atoms with Crippen molar-refractivity contribution in [2.24, 2.45) is 0 Å². The van der Waals surface area contributed by atoms with E-state index >= 15 is 0 Å². The Kier molecular flexibility index (Phi) is 3.95. The summed E-state index contributed by atoms with van der Waals surface area (Å²) in [6, 6.07) is 14.1. The topological polar surface area (TPSA) is 44.5 Å². The van der Waals surface area contributed by atoms with E-state index in [-0.39, 0.29) is 5.92 Å². The van der Waals surface area contributed by atoms with Crippen LogP contribution in [0.5, 0.6) is 11.5 Å². The molecule has 1 unspecified atom stereocenters. The lowest BCUT2D eigenvalue weighted by Crippen LogP contribution is -2.02. The minimum Gasteiger partial charge on any atom is -0.496 e. The van der Waals surface area contributed by atoms with Crippen LogP contribution in [-0.2, 0) is 0 Å². The molecule has 0 aliphatic heterocycles. The highest BCUT2D eigenvalue weighted by Crippen LogP contribution is 2.37. The van der Waals surface area contributed by atoms with Gasteiger partial charge in [-0.2, -0.15) is 0 Å². The fraction of sp³-hybridized carbons (Fsp3) is 0.250. The highest BCUT2D eigenvalue weighted by Gasteiger charge is 2.16. The molecular formula is C16H19NO2. The summed E-state index contributed by atoms with van der Waals surface area (Å²) in [6.07, 6.45) is 0. The van der Waals surface area contributed by atoms with Crippen molar-refractivity contribution in [1.29, 1.82) is 0 Å². The number of nitrogen functional groups attached to an aromatic ring is 1. The van der Waals surface area contributed by atoms with Gasteiger partial charge in [0.25, 0.3) is 0 Å². The van der Waals surface area contributed by atoms with E-state index in [1.54, 1.807) is 14.2 Å². The van der Waals surface area contributed by atoms with Crippen molar-refractivity contribution in [3.63, 3.8) is 0 Å². The van der Waals surface area contributed by atoms with E-state index in [9.17, 15) is 0 Å². The zero-order valence-electron chi connectivity index (χ0n) is 11.5. The average molecular weight is 257 g/mol. The number of hydrogen-bond acceptors (Lipinski definition) is 3. The largest absolute Gasteiger partial charge is 0.496 e. The van der Waals surface area contributed by atoms with Crippen molar-refractivity contribution in [1.82, 2.24) is 0 Å². The lowest BCUT2D eigenvalue weighted by atomic mass is 9.92. The molecule has 0 fully saturated rings. The molecule has 3 heteroatoms. The van der Waals surface area contributed by atoms with Crippen LogP contribution in [-0.4, -0.2) is 14.2 Å². The molecule has 0 aliphatic carbocycles. The monoisotopic (exact) mass is 257 g/mol. The Morgan fingerprint density at radius 3 is 2.16 bits per heavy atom. The maximum atomic E-state index is 5.91. The number of hydrogen-bond donors (Lipinski definition) is 1. The number of nitrogens with two attached hydrogens (primary N) is 1. The van der Waals surface area contributed by atoms with Gasteiger partial charge in [0.1, 0.15) is 11.5 Å². The second kappa shape index (κ2) is 5.65. The zero-order valence-corrected chi connectivity index (χ0v) is 11.5. The van der Waals surface area contributed by atoms with Crippen LogP contribution in [0.4, 0.5) is 5.69 Å². The predicted octanol–water partition coefficient (Wildman–Crippen LogP) is 3.44. The highest BCUT2D eigenvalue weighted by molar-refractivity contribution is 5.61. The van der Waals surface area contributed by atoms with Gasteiger partial charge in [0, 0.05) is 17.5 Å². The summed E-state index contributed by atoms with van der Waals surface area (Å²) in [5, 5.41) is 0. The van der Waals surface area contributed by atoms with Crippen LogP contribution in [0, 0.1) is 0 Å². The van der Waals surface area contributed by atoms with Gasteiger partial charge in [0.2, 0.25) is 0 Å². The van der Waals surface area contributed by atoms with Crippen LogP contribution in [0.1, 0.15) is 24.0 Å². The van der Waals surface area contributed by atoms with Crippen molar-refractivity contribution in [3.05, 3.63) is 53.6 Å². The Hall–Kier alpha value is -2.16. The molecule has 0 aromatic heterocycles. The smallest absolute Gasteiger partial charge is 0.142 e. The van der Waals surface area contributed by atoms with Crippen molar-refractivity contribution >= 4 is 5.69 Å². The maximum absolute atomic E-state index is 5.91. The van der Waals surface area contributed by atoms with Crippen LogP contribution in [0.25, 0.3) is 0 Å². The molecule has 0 bridgehead atoms. The van der Waals surface area contributed by atoms with Crippen LogP contribution in [0.15, 0.2) is 42.5 Å². The van der Waals surface area contributed by atoms with Crippen LogP contribution in [0.3, 0.4) is 0 Å². The normalized spacial score (nSPS) is 11.9. The summed E-state index contributed by atoms with van der Waals surface area (Å²) in [4.78, 5) is 0. The molecule has 19 heavy (non-hydrogen) atoms. The SMILES string of the molecule is COc1cc(C(C)c2ccccc2)c(OC)cc1N. The first-order valence-electron chi connectivity index (χ1n) is 6.23. The Balaban J connectivity index is 2.48. The minimum atomic E-state index is 0.214. The molecule has 0 aliphatic rings. The van der Waals surface area contributed by atoms with Gasteiger partial charge < -0.3 is 15.2 Å². The van der Waals surface area contributed by atoms with E-state index in [1.807, 2.05) is 30.3 Å². The van der Waals surface area contributed by atoms with Crippen LogP contribution in [0.2, 0.25) is 0 Å². The highest BCUT2D eigenvalue weighted by atomic mass is 16.5. The molecule has 1 atom stereocenters. The Morgan fingerprint density at radius 1 is 0.947 bits per heavy atom. The van der Waals surface area contributed by atoms with Gasteiger partial charge in [-0.15, -0.1) is 0 Å². The van der Waals surface area contributed by atoms with Crippen molar-refractivity contribution in [3.8, 4) is 11.5 Å². The Labute approximate surface area is 114 Å². The van der Waals surface area contributed by atoms with Gasteiger partial charge in [-0.05, 0) is 11.6 Å². The van der Waals surface area contributed by atoms with Gasteiger partial charge in [-0.3, -0.25) is 0 Å². The van der Waals surface area contributed by atoms with Crippen molar-refractivity contribution in [2.75, 3.05) is 20.0 Å². The molecule has 0 radical (unpaired) electrons. The van der Waals surface area contributed by atoms with Gasteiger partial charge in [0.05, 0.1) is 19.9 Å². The lowest BCUT2D eigenvalue weighted by Gasteiger charge is -2.18. The summed E-state index contributed by atoms with van der Waals surface area (Å²) < 4.78 is 10.7. The maximum Gasteiger partial charge on any atom is 0.142 e. The minimum absolute atomic E-state index is 0.214. The second-order valence-corrected chi connectivity index (χ2v) is 4.47. The molecule has 0 amide bonds.